The molecule has 126 valence electrons. The van der Waals surface area contributed by atoms with E-state index in [-0.39, 0.29) is 24.6 Å². The highest BCUT2D eigenvalue weighted by Crippen LogP contribution is 2.10. The molecule has 0 aliphatic rings. The first kappa shape index (κ1) is 22.4. The largest absolute Gasteiger partial charge is 0.458 e. The molecule has 0 aliphatic carbocycles. The molecule has 21 heavy (non-hydrogen) atoms. The van der Waals surface area contributed by atoms with E-state index in [1.54, 1.807) is 20.8 Å². The van der Waals surface area contributed by atoms with Crippen molar-refractivity contribution in [3.8, 4) is 0 Å². The number of nitrogens with two attached hydrogens (primary N) is 1. The molecule has 0 saturated heterocycles. The van der Waals surface area contributed by atoms with Gasteiger partial charge in [0.2, 0.25) is 5.91 Å². The molecule has 1 amide bonds. The highest BCUT2D eigenvalue weighted by molar-refractivity contribution is 7.90. The fourth-order valence-corrected chi connectivity index (χ4v) is 1.92. The van der Waals surface area contributed by atoms with Crippen molar-refractivity contribution in [2.75, 3.05) is 12.0 Å². The zero-order valence-electron chi connectivity index (χ0n) is 13.0. The number of rotatable bonds is 6. The van der Waals surface area contributed by atoms with Crippen LogP contribution in [0.25, 0.3) is 0 Å². The molecule has 0 unspecified atom stereocenters. The van der Waals surface area contributed by atoms with Gasteiger partial charge in [0.1, 0.15) is 21.5 Å². The third kappa shape index (κ3) is 11.5. The third-order valence-corrected chi connectivity index (χ3v) is 3.18. The molecule has 0 aliphatic heterocycles. The van der Waals surface area contributed by atoms with Crippen molar-refractivity contribution in [2.45, 2.75) is 51.8 Å². The number of amides is 1. The van der Waals surface area contributed by atoms with Gasteiger partial charge in [-0.05, 0) is 34.1 Å². The molecule has 0 radical (unpaired) electrons. The van der Waals surface area contributed by atoms with Crippen LogP contribution in [0.4, 0.5) is 0 Å². The number of sulfone groups is 1. The maximum absolute atomic E-state index is 12.0. The zero-order chi connectivity index (χ0) is 16.1. The average Bonchev–Trinajstić information content (AvgIpc) is 2.19. The third-order valence-electron chi connectivity index (χ3n) is 2.20. The SMILES string of the molecule is C[C@H](N)C(=O)N[C@@H](CCS(C)(=O)=O)C(=O)OC(C)(C)C.Cl. The zero-order valence-corrected chi connectivity index (χ0v) is 14.6. The summed E-state index contributed by atoms with van der Waals surface area (Å²) < 4.78 is 27.5. The quantitative estimate of drug-likeness (QED) is 0.656. The Labute approximate surface area is 132 Å². The van der Waals surface area contributed by atoms with E-state index in [4.69, 9.17) is 10.5 Å². The van der Waals surface area contributed by atoms with Crippen molar-refractivity contribution >= 4 is 34.1 Å². The van der Waals surface area contributed by atoms with E-state index in [2.05, 4.69) is 5.32 Å². The molecule has 7 nitrogen and oxygen atoms in total. The summed E-state index contributed by atoms with van der Waals surface area (Å²) >= 11 is 0. The average molecular weight is 345 g/mol. The van der Waals surface area contributed by atoms with Gasteiger partial charge in [-0.15, -0.1) is 12.4 Å². The lowest BCUT2D eigenvalue weighted by atomic mass is 10.1. The van der Waals surface area contributed by atoms with Crippen LogP contribution in [0.15, 0.2) is 0 Å². The van der Waals surface area contributed by atoms with Crippen LogP contribution in [0.1, 0.15) is 34.1 Å². The van der Waals surface area contributed by atoms with E-state index >= 15 is 0 Å². The van der Waals surface area contributed by atoms with Crippen molar-refractivity contribution in [1.29, 1.82) is 0 Å². The van der Waals surface area contributed by atoms with Crippen molar-refractivity contribution in [3.63, 3.8) is 0 Å². The summed E-state index contributed by atoms with van der Waals surface area (Å²) in [6.07, 6.45) is 1.01. The van der Waals surface area contributed by atoms with Gasteiger partial charge in [-0.2, -0.15) is 0 Å². The van der Waals surface area contributed by atoms with E-state index in [0.29, 0.717) is 0 Å². The van der Waals surface area contributed by atoms with E-state index < -0.39 is 39.4 Å². The summed E-state index contributed by atoms with van der Waals surface area (Å²) in [5, 5.41) is 2.41. The molecule has 0 fully saturated rings. The first-order valence-corrected chi connectivity index (χ1v) is 8.34. The number of halogens is 1. The standard InChI is InChI=1S/C12H24N2O5S.ClH/c1-8(13)10(15)14-9(6-7-20(5,17)18)11(16)19-12(2,3)4;/h8-9H,6-7,13H2,1-5H3,(H,14,15);1H/t8-,9-;/m0./s1. The summed E-state index contributed by atoms with van der Waals surface area (Å²) in [4.78, 5) is 23.5. The van der Waals surface area contributed by atoms with Gasteiger partial charge in [0.15, 0.2) is 0 Å². The van der Waals surface area contributed by atoms with Crippen LogP contribution in [0.2, 0.25) is 0 Å². The normalized spacial score (nSPS) is 14.6. The lowest BCUT2D eigenvalue weighted by molar-refractivity contribution is -0.158. The van der Waals surface area contributed by atoms with Gasteiger partial charge < -0.3 is 15.8 Å². The summed E-state index contributed by atoms with van der Waals surface area (Å²) in [7, 11) is -3.24. The van der Waals surface area contributed by atoms with Crippen LogP contribution < -0.4 is 11.1 Å². The molecule has 0 bridgehead atoms. The Bertz CT molecular complexity index is 457. The molecule has 0 aromatic rings. The minimum Gasteiger partial charge on any atom is -0.458 e. The summed E-state index contributed by atoms with van der Waals surface area (Å²) in [5.74, 6) is -1.43. The summed E-state index contributed by atoms with van der Waals surface area (Å²) in [6.45, 7) is 6.53. The number of nitrogens with one attached hydrogen (secondary N) is 1. The molecule has 0 aromatic heterocycles. The van der Waals surface area contributed by atoms with Crippen molar-refractivity contribution in [2.24, 2.45) is 5.73 Å². The number of hydrogen-bond acceptors (Lipinski definition) is 6. The van der Waals surface area contributed by atoms with Crippen molar-refractivity contribution < 1.29 is 22.7 Å². The molecule has 3 N–H and O–H groups in total. The second-order valence-electron chi connectivity index (χ2n) is 5.80. The Morgan fingerprint density at radius 1 is 1.29 bits per heavy atom. The Balaban J connectivity index is 0. The highest BCUT2D eigenvalue weighted by Gasteiger charge is 2.28. The second kappa shape index (κ2) is 8.55. The van der Waals surface area contributed by atoms with Crippen LogP contribution in [0.5, 0.6) is 0 Å². The lowest BCUT2D eigenvalue weighted by Crippen LogP contribution is -2.49. The fourth-order valence-electron chi connectivity index (χ4n) is 1.26. The van der Waals surface area contributed by atoms with Crippen LogP contribution in [0, 0.1) is 0 Å². The number of carbonyl (C=O) groups excluding carboxylic acids is 2. The van der Waals surface area contributed by atoms with Gasteiger partial charge in [-0.1, -0.05) is 0 Å². The molecule has 0 rings (SSSR count). The Hall–Kier alpha value is -0.860. The second-order valence-corrected chi connectivity index (χ2v) is 8.06. The predicted molar refractivity (Wildman–Crippen MR) is 83.0 cm³/mol. The van der Waals surface area contributed by atoms with Crippen molar-refractivity contribution in [1.82, 2.24) is 5.32 Å². The molecule has 0 spiro atoms. The van der Waals surface area contributed by atoms with Crippen LogP contribution in [-0.2, 0) is 24.2 Å². The molecule has 0 heterocycles. The molecule has 0 saturated carbocycles. The van der Waals surface area contributed by atoms with Crippen molar-refractivity contribution in [3.05, 3.63) is 0 Å². The lowest BCUT2D eigenvalue weighted by Gasteiger charge is -2.25. The van der Waals surface area contributed by atoms with Gasteiger partial charge in [-0.3, -0.25) is 4.79 Å². The van der Waals surface area contributed by atoms with Gasteiger partial charge >= 0.3 is 5.97 Å². The summed E-state index contributed by atoms with van der Waals surface area (Å²) in [5.41, 5.74) is 4.69. The summed E-state index contributed by atoms with van der Waals surface area (Å²) in [6, 6.07) is -1.82. The van der Waals surface area contributed by atoms with Gasteiger partial charge in [-0.25, -0.2) is 13.2 Å². The molecule has 2 atom stereocenters. The first-order chi connectivity index (χ1) is 8.82. The molecule has 0 aromatic carbocycles. The number of carbonyl (C=O) groups is 2. The van der Waals surface area contributed by atoms with Gasteiger partial charge in [0, 0.05) is 6.26 Å². The Morgan fingerprint density at radius 2 is 1.76 bits per heavy atom. The first-order valence-electron chi connectivity index (χ1n) is 6.28. The maximum Gasteiger partial charge on any atom is 0.329 e. The van der Waals surface area contributed by atoms with E-state index in [0.717, 1.165) is 6.26 Å². The number of esters is 1. The van der Waals surface area contributed by atoms with Crippen LogP contribution >= 0.6 is 12.4 Å². The minimum absolute atomic E-state index is 0. The van der Waals surface area contributed by atoms with E-state index in [1.807, 2.05) is 0 Å². The monoisotopic (exact) mass is 344 g/mol. The van der Waals surface area contributed by atoms with Crippen LogP contribution in [0.3, 0.4) is 0 Å². The fraction of sp³-hybridized carbons (Fsp3) is 0.833. The maximum atomic E-state index is 12.0. The van der Waals surface area contributed by atoms with Gasteiger partial charge in [0.05, 0.1) is 11.8 Å². The molecular weight excluding hydrogens is 320 g/mol. The van der Waals surface area contributed by atoms with E-state index in [1.165, 1.54) is 6.92 Å². The van der Waals surface area contributed by atoms with E-state index in [9.17, 15) is 18.0 Å². The molecule has 9 heteroatoms. The Morgan fingerprint density at radius 3 is 2.10 bits per heavy atom. The number of hydrogen-bond donors (Lipinski definition) is 2. The topological polar surface area (TPSA) is 116 Å². The predicted octanol–water partition coefficient (Wildman–Crippen LogP) is 0.0166. The molecular formula is C12H25ClN2O5S. The Kier molecular flexibility index (Phi) is 9.13. The highest BCUT2D eigenvalue weighted by atomic mass is 35.5. The smallest absolute Gasteiger partial charge is 0.329 e. The van der Waals surface area contributed by atoms with Gasteiger partial charge in [0.25, 0.3) is 0 Å². The number of ether oxygens (including phenoxy) is 1. The minimum atomic E-state index is -3.24. The van der Waals surface area contributed by atoms with Crippen LogP contribution in [-0.4, -0.2) is 50.0 Å².